The van der Waals surface area contributed by atoms with E-state index in [2.05, 4.69) is 16.4 Å². The van der Waals surface area contributed by atoms with Gasteiger partial charge in [-0.15, -0.1) is 11.8 Å². The molecule has 0 spiro atoms. The van der Waals surface area contributed by atoms with Crippen molar-refractivity contribution in [1.82, 2.24) is 4.98 Å². The molecule has 1 fully saturated rings. The number of aliphatic hydroxyl groups excluding tert-OH is 1. The lowest BCUT2D eigenvalue weighted by Crippen LogP contribution is -2.15. The second-order valence-electron chi connectivity index (χ2n) is 5.68. The lowest BCUT2D eigenvalue weighted by atomic mass is 10.1. The highest BCUT2D eigenvalue weighted by atomic mass is 32.2. The van der Waals surface area contributed by atoms with E-state index in [4.69, 9.17) is 0 Å². The van der Waals surface area contributed by atoms with E-state index >= 15 is 0 Å². The van der Waals surface area contributed by atoms with Gasteiger partial charge in [-0.1, -0.05) is 12.1 Å². The first-order chi connectivity index (χ1) is 11.7. The fourth-order valence-corrected chi connectivity index (χ4v) is 3.07. The molecule has 2 N–H and O–H groups in total. The SMILES string of the molecule is CSc1nc(C2CC2)cc(C(=O)Nc2cccc(CO)c2)c1C#N. The second-order valence-corrected chi connectivity index (χ2v) is 6.47. The summed E-state index contributed by atoms with van der Waals surface area (Å²) in [6.45, 7) is -0.0924. The van der Waals surface area contributed by atoms with E-state index in [-0.39, 0.29) is 12.5 Å². The van der Waals surface area contributed by atoms with Crippen molar-refractivity contribution in [3.63, 3.8) is 0 Å². The van der Waals surface area contributed by atoms with Crippen molar-refractivity contribution in [3.05, 3.63) is 52.7 Å². The van der Waals surface area contributed by atoms with Crippen LogP contribution >= 0.6 is 11.8 Å². The van der Waals surface area contributed by atoms with Gasteiger partial charge < -0.3 is 10.4 Å². The van der Waals surface area contributed by atoms with E-state index in [9.17, 15) is 15.2 Å². The quantitative estimate of drug-likeness (QED) is 0.816. The zero-order valence-electron chi connectivity index (χ0n) is 13.2. The number of hydrogen-bond donors (Lipinski definition) is 2. The zero-order chi connectivity index (χ0) is 17.1. The number of carbonyl (C=O) groups is 1. The van der Waals surface area contributed by atoms with Gasteiger partial charge in [0.25, 0.3) is 5.91 Å². The number of pyridine rings is 1. The minimum absolute atomic E-state index is 0.0924. The van der Waals surface area contributed by atoms with Gasteiger partial charge in [0.05, 0.1) is 17.7 Å². The molecule has 1 aromatic carbocycles. The molecule has 1 aliphatic carbocycles. The van der Waals surface area contributed by atoms with Crippen LogP contribution in [0, 0.1) is 11.3 Å². The molecule has 0 unspecified atom stereocenters. The van der Waals surface area contributed by atoms with Gasteiger partial charge in [-0.3, -0.25) is 4.79 Å². The van der Waals surface area contributed by atoms with Crippen LogP contribution in [0.2, 0.25) is 0 Å². The molecular formula is C18H17N3O2S. The van der Waals surface area contributed by atoms with E-state index in [1.807, 2.05) is 6.26 Å². The van der Waals surface area contributed by atoms with Crippen LogP contribution in [0.4, 0.5) is 5.69 Å². The zero-order valence-corrected chi connectivity index (χ0v) is 14.1. The Morgan fingerprint density at radius 3 is 2.88 bits per heavy atom. The Balaban J connectivity index is 1.96. The summed E-state index contributed by atoms with van der Waals surface area (Å²) in [5.74, 6) is 0.0640. The number of nitrogens with zero attached hydrogens (tertiary/aromatic N) is 2. The number of thioether (sulfide) groups is 1. The maximum atomic E-state index is 12.7. The minimum Gasteiger partial charge on any atom is -0.392 e. The molecule has 1 aromatic heterocycles. The number of nitrogens with one attached hydrogen (secondary N) is 1. The van der Waals surface area contributed by atoms with Gasteiger partial charge in [0.15, 0.2) is 0 Å². The maximum absolute atomic E-state index is 12.7. The lowest BCUT2D eigenvalue weighted by molar-refractivity contribution is 0.102. The van der Waals surface area contributed by atoms with E-state index in [0.717, 1.165) is 18.5 Å². The summed E-state index contributed by atoms with van der Waals surface area (Å²) in [7, 11) is 0. The molecule has 0 atom stereocenters. The largest absolute Gasteiger partial charge is 0.392 e. The third kappa shape index (κ3) is 3.42. The number of carbonyl (C=O) groups excluding carboxylic acids is 1. The molecule has 5 nitrogen and oxygen atoms in total. The average Bonchev–Trinajstić information content (AvgIpc) is 3.45. The van der Waals surface area contributed by atoms with Crippen LogP contribution in [0.25, 0.3) is 0 Å². The Bertz CT molecular complexity index is 825. The van der Waals surface area contributed by atoms with Crippen molar-refractivity contribution in [2.75, 3.05) is 11.6 Å². The number of rotatable bonds is 5. The monoisotopic (exact) mass is 339 g/mol. The molecule has 1 heterocycles. The van der Waals surface area contributed by atoms with Crippen molar-refractivity contribution in [2.24, 2.45) is 0 Å². The number of benzene rings is 1. The van der Waals surface area contributed by atoms with Crippen LogP contribution in [-0.4, -0.2) is 22.3 Å². The highest BCUT2D eigenvalue weighted by Crippen LogP contribution is 2.40. The Labute approximate surface area is 144 Å². The van der Waals surface area contributed by atoms with E-state index in [1.54, 1.807) is 30.3 Å². The molecule has 0 saturated heterocycles. The van der Waals surface area contributed by atoms with Gasteiger partial charge >= 0.3 is 0 Å². The summed E-state index contributed by atoms with van der Waals surface area (Å²) in [5, 5.41) is 22.1. The Morgan fingerprint density at radius 1 is 1.46 bits per heavy atom. The summed E-state index contributed by atoms with van der Waals surface area (Å²) in [4.78, 5) is 17.2. The fraction of sp³-hybridized carbons (Fsp3) is 0.278. The first-order valence-corrected chi connectivity index (χ1v) is 8.89. The van der Waals surface area contributed by atoms with Gasteiger partial charge in [-0.05, 0) is 42.9 Å². The molecule has 1 saturated carbocycles. The molecule has 122 valence electrons. The minimum atomic E-state index is -0.332. The standard InChI is InChI=1S/C18H17N3O2S/c1-24-18-15(9-19)14(8-16(21-18)12-5-6-12)17(23)20-13-4-2-3-11(7-13)10-22/h2-4,7-8,12,22H,5-6,10H2,1H3,(H,20,23). The van der Waals surface area contributed by atoms with Gasteiger partial charge in [0, 0.05) is 17.3 Å². The summed E-state index contributed by atoms with van der Waals surface area (Å²) in [6.07, 6.45) is 4.00. The van der Waals surface area contributed by atoms with Crippen LogP contribution < -0.4 is 5.32 Å². The van der Waals surface area contributed by atoms with Crippen molar-refractivity contribution >= 4 is 23.4 Å². The summed E-state index contributed by atoms with van der Waals surface area (Å²) in [6, 6.07) is 10.8. The molecule has 24 heavy (non-hydrogen) atoms. The van der Waals surface area contributed by atoms with Crippen molar-refractivity contribution < 1.29 is 9.90 Å². The number of hydrogen-bond acceptors (Lipinski definition) is 5. The average molecular weight is 339 g/mol. The predicted molar refractivity (Wildman–Crippen MR) is 93.0 cm³/mol. The molecule has 0 aliphatic heterocycles. The molecule has 1 amide bonds. The number of amides is 1. The third-order valence-corrected chi connectivity index (χ3v) is 4.60. The number of anilines is 1. The van der Waals surface area contributed by atoms with Crippen LogP contribution in [0.15, 0.2) is 35.4 Å². The van der Waals surface area contributed by atoms with Crippen LogP contribution in [-0.2, 0) is 6.61 Å². The maximum Gasteiger partial charge on any atom is 0.257 e. The van der Waals surface area contributed by atoms with E-state index in [1.165, 1.54) is 11.8 Å². The first kappa shape index (κ1) is 16.5. The summed E-state index contributed by atoms with van der Waals surface area (Å²) >= 11 is 1.38. The third-order valence-electron chi connectivity index (χ3n) is 3.92. The molecule has 0 bridgehead atoms. The Morgan fingerprint density at radius 2 is 2.25 bits per heavy atom. The topological polar surface area (TPSA) is 86.0 Å². The first-order valence-electron chi connectivity index (χ1n) is 7.66. The van der Waals surface area contributed by atoms with Crippen LogP contribution in [0.5, 0.6) is 0 Å². The number of aromatic nitrogens is 1. The van der Waals surface area contributed by atoms with Crippen molar-refractivity contribution in [2.45, 2.75) is 30.4 Å². The van der Waals surface area contributed by atoms with Gasteiger partial charge in [-0.2, -0.15) is 5.26 Å². The summed E-state index contributed by atoms with van der Waals surface area (Å²) < 4.78 is 0. The smallest absolute Gasteiger partial charge is 0.257 e. The molecule has 0 radical (unpaired) electrons. The number of aliphatic hydroxyl groups is 1. The number of nitriles is 1. The van der Waals surface area contributed by atoms with E-state index in [0.29, 0.717) is 33.3 Å². The van der Waals surface area contributed by atoms with Gasteiger partial charge in [-0.25, -0.2) is 4.98 Å². The van der Waals surface area contributed by atoms with Crippen molar-refractivity contribution in [1.29, 1.82) is 5.26 Å². The Hall–Kier alpha value is -2.36. The highest BCUT2D eigenvalue weighted by molar-refractivity contribution is 7.98. The van der Waals surface area contributed by atoms with Gasteiger partial charge in [0.1, 0.15) is 11.1 Å². The molecule has 2 aromatic rings. The normalized spacial score (nSPS) is 13.4. The predicted octanol–water partition coefficient (Wildman–Crippen LogP) is 3.30. The Kier molecular flexibility index (Phi) is 4.84. The van der Waals surface area contributed by atoms with E-state index < -0.39 is 0 Å². The molecule has 1 aliphatic rings. The molecule has 3 rings (SSSR count). The van der Waals surface area contributed by atoms with Gasteiger partial charge in [0.2, 0.25) is 0 Å². The molecule has 6 heteroatoms. The van der Waals surface area contributed by atoms with Crippen molar-refractivity contribution in [3.8, 4) is 6.07 Å². The lowest BCUT2D eigenvalue weighted by Gasteiger charge is -2.11. The second kappa shape index (κ2) is 7.04. The fourth-order valence-electron chi connectivity index (χ4n) is 2.51. The van der Waals surface area contributed by atoms with Crippen LogP contribution in [0.3, 0.4) is 0 Å². The highest BCUT2D eigenvalue weighted by Gasteiger charge is 2.28. The molecular weight excluding hydrogens is 322 g/mol. The summed E-state index contributed by atoms with van der Waals surface area (Å²) in [5.41, 5.74) is 2.85. The van der Waals surface area contributed by atoms with Crippen LogP contribution in [0.1, 0.15) is 45.9 Å².